The fourth-order valence-electron chi connectivity index (χ4n) is 3.51. The number of fused-ring (bicyclic) bond motifs is 2. The number of ether oxygens (including phenoxy) is 3. The summed E-state index contributed by atoms with van der Waals surface area (Å²) in [6.45, 7) is 4.81. The van der Waals surface area contributed by atoms with Crippen molar-refractivity contribution in [1.29, 1.82) is 0 Å². The van der Waals surface area contributed by atoms with E-state index in [0.717, 1.165) is 5.56 Å². The van der Waals surface area contributed by atoms with Crippen LogP contribution in [0.25, 0.3) is 0 Å². The van der Waals surface area contributed by atoms with Gasteiger partial charge in [-0.15, -0.1) is 0 Å². The van der Waals surface area contributed by atoms with Gasteiger partial charge in [0.25, 0.3) is 11.7 Å². The molecule has 1 saturated heterocycles. The molecule has 1 spiro atoms. The lowest BCUT2D eigenvalue weighted by atomic mass is 10.1. The van der Waals surface area contributed by atoms with E-state index in [-0.39, 0.29) is 18.6 Å². The number of carbonyl (C=O) groups is 1. The summed E-state index contributed by atoms with van der Waals surface area (Å²) >= 11 is 12.9. The molecule has 0 aliphatic carbocycles. The third-order valence-corrected chi connectivity index (χ3v) is 5.18. The average molecular weight is 408 g/mol. The first-order valence-electron chi connectivity index (χ1n) is 8.77. The van der Waals surface area contributed by atoms with Crippen LogP contribution in [0.1, 0.15) is 25.0 Å². The number of rotatable bonds is 4. The molecule has 2 heterocycles. The molecule has 1 amide bonds. The quantitative estimate of drug-likeness (QED) is 0.746. The molecule has 5 nitrogen and oxygen atoms in total. The monoisotopic (exact) mass is 407 g/mol. The minimum absolute atomic E-state index is 0.0126. The molecule has 0 unspecified atom stereocenters. The van der Waals surface area contributed by atoms with Crippen LogP contribution in [0.4, 0.5) is 5.69 Å². The van der Waals surface area contributed by atoms with Gasteiger partial charge >= 0.3 is 0 Å². The second kappa shape index (κ2) is 6.99. The summed E-state index contributed by atoms with van der Waals surface area (Å²) in [6, 6.07) is 10.9. The molecule has 4 rings (SSSR count). The second-order valence-corrected chi connectivity index (χ2v) is 7.55. The van der Waals surface area contributed by atoms with Gasteiger partial charge in [0.1, 0.15) is 5.75 Å². The number of hydrogen-bond donors (Lipinski definition) is 0. The first kappa shape index (κ1) is 18.6. The number of benzene rings is 2. The smallest absolute Gasteiger partial charge is 0.292 e. The number of halogens is 2. The highest BCUT2D eigenvalue weighted by Gasteiger charge is 2.58. The van der Waals surface area contributed by atoms with Crippen LogP contribution in [-0.2, 0) is 26.6 Å². The highest BCUT2D eigenvalue weighted by Crippen LogP contribution is 2.52. The van der Waals surface area contributed by atoms with Crippen LogP contribution in [0.5, 0.6) is 5.75 Å². The molecule has 2 aliphatic heterocycles. The Hall–Kier alpha value is -1.79. The molecule has 0 N–H and O–H groups in total. The van der Waals surface area contributed by atoms with Crippen molar-refractivity contribution in [1.82, 2.24) is 0 Å². The highest BCUT2D eigenvalue weighted by molar-refractivity contribution is 6.38. The lowest BCUT2D eigenvalue weighted by Crippen LogP contribution is -2.41. The summed E-state index contributed by atoms with van der Waals surface area (Å²) in [4.78, 5) is 14.9. The van der Waals surface area contributed by atoms with Crippen molar-refractivity contribution in [2.24, 2.45) is 0 Å². The van der Waals surface area contributed by atoms with Crippen molar-refractivity contribution >= 4 is 34.8 Å². The third-order valence-electron chi connectivity index (χ3n) is 4.56. The summed E-state index contributed by atoms with van der Waals surface area (Å²) < 4.78 is 17.4. The summed E-state index contributed by atoms with van der Waals surface area (Å²) in [6.07, 6.45) is 0.0126. The fourth-order valence-corrected chi connectivity index (χ4v) is 4.05. The van der Waals surface area contributed by atoms with Gasteiger partial charge in [-0.1, -0.05) is 41.4 Å². The van der Waals surface area contributed by atoms with Crippen molar-refractivity contribution in [3.05, 3.63) is 57.6 Å². The van der Waals surface area contributed by atoms with E-state index in [1.807, 2.05) is 38.1 Å². The van der Waals surface area contributed by atoms with Crippen molar-refractivity contribution in [2.45, 2.75) is 32.3 Å². The first-order valence-corrected chi connectivity index (χ1v) is 9.52. The zero-order valence-corrected chi connectivity index (χ0v) is 16.5. The van der Waals surface area contributed by atoms with E-state index >= 15 is 0 Å². The van der Waals surface area contributed by atoms with E-state index in [2.05, 4.69) is 0 Å². The van der Waals surface area contributed by atoms with Crippen LogP contribution >= 0.6 is 23.2 Å². The number of carbonyl (C=O) groups excluding carboxylic acids is 1. The lowest BCUT2D eigenvalue weighted by molar-refractivity contribution is -0.180. The zero-order chi connectivity index (χ0) is 19.2. The Kier molecular flexibility index (Phi) is 4.80. The number of amides is 1. The van der Waals surface area contributed by atoms with Gasteiger partial charge in [-0.2, -0.15) is 0 Å². The van der Waals surface area contributed by atoms with Crippen LogP contribution in [0.15, 0.2) is 36.4 Å². The zero-order valence-electron chi connectivity index (χ0n) is 15.0. The molecule has 1 fully saturated rings. The molecule has 0 atom stereocenters. The molecule has 7 heteroatoms. The molecule has 2 aliphatic rings. The largest absolute Gasteiger partial charge is 0.491 e. The van der Waals surface area contributed by atoms with Gasteiger partial charge in [0, 0.05) is 5.56 Å². The van der Waals surface area contributed by atoms with Crippen molar-refractivity contribution in [3.63, 3.8) is 0 Å². The van der Waals surface area contributed by atoms with Gasteiger partial charge in [0.2, 0.25) is 0 Å². The Morgan fingerprint density at radius 1 is 1.11 bits per heavy atom. The first-order chi connectivity index (χ1) is 12.9. The third kappa shape index (κ3) is 2.99. The van der Waals surface area contributed by atoms with Gasteiger partial charge < -0.3 is 19.1 Å². The van der Waals surface area contributed by atoms with Crippen molar-refractivity contribution < 1.29 is 19.0 Å². The average Bonchev–Trinajstić information content (AvgIpc) is 3.20. The maximum absolute atomic E-state index is 13.3. The van der Waals surface area contributed by atoms with Gasteiger partial charge in [-0.3, -0.25) is 4.79 Å². The predicted molar refractivity (Wildman–Crippen MR) is 103 cm³/mol. The molecule has 2 aromatic rings. The summed E-state index contributed by atoms with van der Waals surface area (Å²) in [5.41, 5.74) is 1.86. The van der Waals surface area contributed by atoms with E-state index in [1.165, 1.54) is 0 Å². The number of hydrogen-bond acceptors (Lipinski definition) is 4. The molecule has 142 valence electrons. The number of para-hydroxylation sites is 1. The molecular formula is C20H19Cl2NO4. The topological polar surface area (TPSA) is 48.0 Å². The van der Waals surface area contributed by atoms with Crippen LogP contribution < -0.4 is 9.64 Å². The van der Waals surface area contributed by atoms with E-state index in [0.29, 0.717) is 40.3 Å². The molecule has 0 bridgehead atoms. The Labute approximate surface area is 167 Å². The van der Waals surface area contributed by atoms with E-state index in [1.54, 1.807) is 17.0 Å². The molecular weight excluding hydrogens is 389 g/mol. The van der Waals surface area contributed by atoms with E-state index in [4.69, 9.17) is 37.4 Å². The maximum Gasteiger partial charge on any atom is 0.292 e. The lowest BCUT2D eigenvalue weighted by Gasteiger charge is -2.23. The molecule has 0 saturated carbocycles. The van der Waals surface area contributed by atoms with Gasteiger partial charge in [-0.25, -0.2) is 0 Å². The normalized spacial score (nSPS) is 17.8. The van der Waals surface area contributed by atoms with Gasteiger partial charge in [-0.05, 0) is 32.0 Å². The Morgan fingerprint density at radius 2 is 1.78 bits per heavy atom. The highest BCUT2D eigenvalue weighted by atomic mass is 35.5. The van der Waals surface area contributed by atoms with E-state index in [9.17, 15) is 4.79 Å². The minimum atomic E-state index is -1.52. The predicted octanol–water partition coefficient (Wildman–Crippen LogP) is 4.53. The van der Waals surface area contributed by atoms with Crippen LogP contribution in [0.3, 0.4) is 0 Å². The molecule has 2 aromatic carbocycles. The number of anilines is 1. The van der Waals surface area contributed by atoms with E-state index < -0.39 is 5.79 Å². The minimum Gasteiger partial charge on any atom is -0.491 e. The second-order valence-electron chi connectivity index (χ2n) is 6.73. The molecule has 0 aromatic heterocycles. The standard InChI is InChI=1S/C20H19Cl2NO4/c1-12(2)27-16-6-4-3-5-13(16)11-23-18-15(22)8-7-14(21)17(18)20(19(23)24)25-9-10-26-20/h3-8,12H,9-11H2,1-2H3. The summed E-state index contributed by atoms with van der Waals surface area (Å²) in [5.74, 6) is -1.14. The maximum atomic E-state index is 13.3. The van der Waals surface area contributed by atoms with Crippen molar-refractivity contribution in [3.8, 4) is 5.75 Å². The van der Waals surface area contributed by atoms with Crippen LogP contribution in [0, 0.1) is 0 Å². The molecule has 0 radical (unpaired) electrons. The Morgan fingerprint density at radius 3 is 2.48 bits per heavy atom. The van der Waals surface area contributed by atoms with Gasteiger partial charge in [0.15, 0.2) is 0 Å². The Bertz CT molecular complexity index is 894. The van der Waals surface area contributed by atoms with Crippen LogP contribution in [0.2, 0.25) is 10.0 Å². The SMILES string of the molecule is CC(C)Oc1ccccc1CN1C(=O)C2(OCCO2)c2c(Cl)ccc(Cl)c21. The number of nitrogens with zero attached hydrogens (tertiary/aromatic N) is 1. The van der Waals surface area contributed by atoms with Crippen molar-refractivity contribution in [2.75, 3.05) is 18.1 Å². The van der Waals surface area contributed by atoms with Crippen LogP contribution in [-0.4, -0.2) is 25.2 Å². The Balaban J connectivity index is 1.80. The summed E-state index contributed by atoms with van der Waals surface area (Å²) in [7, 11) is 0. The molecule has 27 heavy (non-hydrogen) atoms. The fraction of sp³-hybridized carbons (Fsp3) is 0.350. The summed E-state index contributed by atoms with van der Waals surface area (Å²) in [5, 5.41) is 0.805. The van der Waals surface area contributed by atoms with Gasteiger partial charge in [0.05, 0.1) is 47.2 Å².